The number of aryl methyl sites for hydroxylation is 1. The Kier molecular flexibility index (Phi) is 2.27. The molecule has 0 spiro atoms. The van der Waals surface area contributed by atoms with Crippen LogP contribution < -0.4 is 0 Å². The van der Waals surface area contributed by atoms with Gasteiger partial charge < -0.3 is 4.57 Å². The van der Waals surface area contributed by atoms with Crippen LogP contribution >= 0.6 is 11.6 Å². The first-order valence-corrected chi connectivity index (χ1v) is 3.77. The van der Waals surface area contributed by atoms with Gasteiger partial charge in [-0.3, -0.25) is 0 Å². The first-order chi connectivity index (χ1) is 4.79. The highest BCUT2D eigenvalue weighted by atomic mass is 35.5. The SMILES string of the molecule is CCn1c(C)nnc1CCl. The molecule has 0 atom stereocenters. The summed E-state index contributed by atoms with van der Waals surface area (Å²) >= 11 is 5.60. The number of rotatable bonds is 2. The average Bonchev–Trinajstić information content (AvgIpc) is 2.30. The lowest BCUT2D eigenvalue weighted by molar-refractivity contribution is 0.700. The van der Waals surface area contributed by atoms with E-state index in [1.54, 1.807) is 0 Å². The van der Waals surface area contributed by atoms with Gasteiger partial charge in [-0.1, -0.05) is 0 Å². The maximum absolute atomic E-state index is 5.60. The van der Waals surface area contributed by atoms with Crippen molar-refractivity contribution in [3.05, 3.63) is 11.6 Å². The Morgan fingerprint density at radius 3 is 2.60 bits per heavy atom. The predicted molar refractivity (Wildman–Crippen MR) is 40.0 cm³/mol. The zero-order chi connectivity index (χ0) is 7.56. The van der Waals surface area contributed by atoms with Gasteiger partial charge in [0.05, 0.1) is 5.88 Å². The molecule has 0 unspecified atom stereocenters. The molecule has 0 saturated heterocycles. The third kappa shape index (κ3) is 1.14. The van der Waals surface area contributed by atoms with E-state index in [4.69, 9.17) is 11.6 Å². The molecule has 1 heterocycles. The summed E-state index contributed by atoms with van der Waals surface area (Å²) in [6, 6.07) is 0. The van der Waals surface area contributed by atoms with E-state index in [1.807, 2.05) is 18.4 Å². The molecule has 3 nitrogen and oxygen atoms in total. The first kappa shape index (κ1) is 7.54. The van der Waals surface area contributed by atoms with Gasteiger partial charge in [0.2, 0.25) is 0 Å². The summed E-state index contributed by atoms with van der Waals surface area (Å²) < 4.78 is 1.99. The fourth-order valence-electron chi connectivity index (χ4n) is 0.935. The van der Waals surface area contributed by atoms with Crippen molar-refractivity contribution in [2.45, 2.75) is 26.3 Å². The van der Waals surface area contributed by atoms with Crippen molar-refractivity contribution in [3.63, 3.8) is 0 Å². The van der Waals surface area contributed by atoms with Crippen molar-refractivity contribution in [1.29, 1.82) is 0 Å². The number of nitrogens with zero attached hydrogens (tertiary/aromatic N) is 3. The van der Waals surface area contributed by atoms with Crippen molar-refractivity contribution in [2.24, 2.45) is 0 Å². The third-order valence-electron chi connectivity index (χ3n) is 1.45. The smallest absolute Gasteiger partial charge is 0.147 e. The van der Waals surface area contributed by atoms with Crippen LogP contribution in [0.4, 0.5) is 0 Å². The van der Waals surface area contributed by atoms with Crippen LogP contribution in [-0.4, -0.2) is 14.8 Å². The maximum atomic E-state index is 5.60. The molecule has 0 aliphatic rings. The van der Waals surface area contributed by atoms with Crippen LogP contribution in [0.3, 0.4) is 0 Å². The van der Waals surface area contributed by atoms with Crippen LogP contribution in [0.2, 0.25) is 0 Å². The molecule has 0 saturated carbocycles. The second-order valence-corrected chi connectivity index (χ2v) is 2.31. The molecule has 56 valence electrons. The molecule has 0 fully saturated rings. The zero-order valence-electron chi connectivity index (χ0n) is 6.13. The van der Waals surface area contributed by atoms with E-state index < -0.39 is 0 Å². The van der Waals surface area contributed by atoms with Crippen LogP contribution in [0.25, 0.3) is 0 Å². The van der Waals surface area contributed by atoms with Gasteiger partial charge in [-0.05, 0) is 13.8 Å². The molecule has 1 aromatic heterocycles. The van der Waals surface area contributed by atoms with Gasteiger partial charge in [-0.25, -0.2) is 0 Å². The number of hydrogen-bond donors (Lipinski definition) is 0. The zero-order valence-corrected chi connectivity index (χ0v) is 6.89. The quantitative estimate of drug-likeness (QED) is 0.610. The van der Waals surface area contributed by atoms with E-state index in [1.165, 1.54) is 0 Å². The fourth-order valence-corrected chi connectivity index (χ4v) is 1.13. The minimum absolute atomic E-state index is 0.439. The van der Waals surface area contributed by atoms with Gasteiger partial charge in [0.25, 0.3) is 0 Å². The van der Waals surface area contributed by atoms with E-state index in [0.717, 1.165) is 18.2 Å². The average molecular weight is 160 g/mol. The minimum Gasteiger partial charge on any atom is -0.314 e. The first-order valence-electron chi connectivity index (χ1n) is 3.24. The Morgan fingerprint density at radius 1 is 1.50 bits per heavy atom. The van der Waals surface area contributed by atoms with Crippen molar-refractivity contribution in [3.8, 4) is 0 Å². The number of aromatic nitrogens is 3. The van der Waals surface area contributed by atoms with Gasteiger partial charge in [0.15, 0.2) is 0 Å². The lowest BCUT2D eigenvalue weighted by Crippen LogP contribution is -2.01. The number of hydrogen-bond acceptors (Lipinski definition) is 2. The second kappa shape index (κ2) is 3.01. The molecule has 0 N–H and O–H groups in total. The van der Waals surface area contributed by atoms with Gasteiger partial charge in [0, 0.05) is 6.54 Å². The Morgan fingerprint density at radius 2 is 2.20 bits per heavy atom. The normalized spacial score (nSPS) is 10.3. The second-order valence-electron chi connectivity index (χ2n) is 2.04. The van der Waals surface area contributed by atoms with Crippen molar-refractivity contribution >= 4 is 11.6 Å². The molecule has 4 heteroatoms. The van der Waals surface area contributed by atoms with Crippen LogP contribution in [0.15, 0.2) is 0 Å². The van der Waals surface area contributed by atoms with Gasteiger partial charge >= 0.3 is 0 Å². The summed E-state index contributed by atoms with van der Waals surface area (Å²) in [6.07, 6.45) is 0. The van der Waals surface area contributed by atoms with Gasteiger partial charge in [-0.15, -0.1) is 21.8 Å². The summed E-state index contributed by atoms with van der Waals surface area (Å²) in [4.78, 5) is 0. The monoisotopic (exact) mass is 159 g/mol. The third-order valence-corrected chi connectivity index (χ3v) is 1.69. The molecule has 1 aromatic rings. The lowest BCUT2D eigenvalue weighted by atomic mass is 10.5. The predicted octanol–water partition coefficient (Wildman–Crippen LogP) is 1.35. The van der Waals surface area contributed by atoms with E-state index in [-0.39, 0.29) is 0 Å². The Hall–Kier alpha value is -0.570. The Balaban J connectivity index is 3.01. The summed E-state index contributed by atoms with van der Waals surface area (Å²) in [5.41, 5.74) is 0. The van der Waals surface area contributed by atoms with E-state index >= 15 is 0 Å². The summed E-state index contributed by atoms with van der Waals surface area (Å²) in [5.74, 6) is 2.22. The van der Waals surface area contributed by atoms with Gasteiger partial charge in [-0.2, -0.15) is 0 Å². The summed E-state index contributed by atoms with van der Waals surface area (Å²) in [5, 5.41) is 7.77. The van der Waals surface area contributed by atoms with Crippen LogP contribution in [0.5, 0.6) is 0 Å². The summed E-state index contributed by atoms with van der Waals surface area (Å²) in [6.45, 7) is 4.86. The van der Waals surface area contributed by atoms with Crippen LogP contribution in [-0.2, 0) is 12.4 Å². The van der Waals surface area contributed by atoms with Crippen molar-refractivity contribution in [2.75, 3.05) is 0 Å². The molecule has 1 rings (SSSR count). The van der Waals surface area contributed by atoms with Crippen molar-refractivity contribution in [1.82, 2.24) is 14.8 Å². The fraction of sp³-hybridized carbons (Fsp3) is 0.667. The lowest BCUT2D eigenvalue weighted by Gasteiger charge is -2.00. The largest absolute Gasteiger partial charge is 0.314 e. The molecule has 0 aliphatic carbocycles. The van der Waals surface area contributed by atoms with Crippen LogP contribution in [0.1, 0.15) is 18.6 Å². The highest BCUT2D eigenvalue weighted by molar-refractivity contribution is 6.16. The van der Waals surface area contributed by atoms with E-state index in [2.05, 4.69) is 10.2 Å². The number of halogens is 1. The van der Waals surface area contributed by atoms with E-state index in [9.17, 15) is 0 Å². The Bertz CT molecular complexity index is 219. The molecule has 0 aromatic carbocycles. The Labute approximate surface area is 65.0 Å². The van der Waals surface area contributed by atoms with E-state index in [0.29, 0.717) is 5.88 Å². The molecular weight excluding hydrogens is 150 g/mol. The van der Waals surface area contributed by atoms with Gasteiger partial charge in [0.1, 0.15) is 11.6 Å². The van der Waals surface area contributed by atoms with Crippen LogP contribution in [0, 0.1) is 6.92 Å². The summed E-state index contributed by atoms with van der Waals surface area (Å²) in [7, 11) is 0. The molecule has 0 radical (unpaired) electrons. The molecule has 0 aliphatic heterocycles. The molecule has 0 bridgehead atoms. The highest BCUT2D eigenvalue weighted by Crippen LogP contribution is 2.02. The van der Waals surface area contributed by atoms with Crippen molar-refractivity contribution < 1.29 is 0 Å². The maximum Gasteiger partial charge on any atom is 0.147 e. The topological polar surface area (TPSA) is 30.7 Å². The minimum atomic E-state index is 0.439. The molecule has 10 heavy (non-hydrogen) atoms. The molecule has 0 amide bonds. The highest BCUT2D eigenvalue weighted by Gasteiger charge is 2.03. The number of alkyl halides is 1. The standard InChI is InChI=1S/C6H10ClN3/c1-3-10-5(2)8-9-6(10)4-7/h3-4H2,1-2H3. The molecular formula is C6H10ClN3.